The second kappa shape index (κ2) is 13.8. The third-order valence-corrected chi connectivity index (χ3v) is 2.99. The van der Waals surface area contributed by atoms with Gasteiger partial charge in [0.2, 0.25) is 0 Å². The van der Waals surface area contributed by atoms with Crippen molar-refractivity contribution in [3.8, 4) is 0 Å². The molecule has 1 N–H and O–H groups in total. The summed E-state index contributed by atoms with van der Waals surface area (Å²) in [4.78, 5) is 0. The zero-order valence-corrected chi connectivity index (χ0v) is 13.8. The summed E-state index contributed by atoms with van der Waals surface area (Å²) in [5.74, 6) is 0.595. The predicted molar refractivity (Wildman–Crippen MR) is 81.8 cm³/mol. The fraction of sp³-hybridized carbons (Fsp3) is 1.00. The van der Waals surface area contributed by atoms with Crippen LogP contribution in [-0.2, 0) is 14.2 Å². The Morgan fingerprint density at radius 3 is 2.30 bits per heavy atom. The topological polar surface area (TPSA) is 47.9 Å². The van der Waals surface area contributed by atoms with Crippen molar-refractivity contribution in [1.82, 2.24) is 0 Å². The van der Waals surface area contributed by atoms with Crippen LogP contribution in [0.15, 0.2) is 0 Å². The van der Waals surface area contributed by atoms with Gasteiger partial charge in [0.15, 0.2) is 6.29 Å². The Bertz CT molecular complexity index is 197. The summed E-state index contributed by atoms with van der Waals surface area (Å²) in [6.07, 6.45) is 4.47. The molecule has 0 amide bonds. The zero-order chi connectivity index (χ0) is 15.2. The van der Waals surface area contributed by atoms with E-state index in [1.807, 2.05) is 0 Å². The minimum atomic E-state index is -0.186. The number of rotatable bonds is 14. The standard InChI is InChI=1S/C16H34O4/c1-5-15(4)20-16(9-8-10-17)19-12-7-6-11-18-13-14(2)3/h14-17H,5-13H2,1-4H3. The molecular formula is C16H34O4. The van der Waals surface area contributed by atoms with Crippen LogP contribution in [0, 0.1) is 5.92 Å². The maximum atomic E-state index is 8.89. The van der Waals surface area contributed by atoms with Gasteiger partial charge in [-0.05, 0) is 38.5 Å². The molecule has 0 saturated heterocycles. The molecule has 0 heterocycles. The second-order valence-electron chi connectivity index (χ2n) is 5.70. The quantitative estimate of drug-likeness (QED) is 0.393. The Hall–Kier alpha value is -0.160. The molecular weight excluding hydrogens is 256 g/mol. The first kappa shape index (κ1) is 19.8. The van der Waals surface area contributed by atoms with E-state index in [1.165, 1.54) is 0 Å². The highest BCUT2D eigenvalue weighted by Crippen LogP contribution is 2.10. The molecule has 0 fully saturated rings. The summed E-state index contributed by atoms with van der Waals surface area (Å²) < 4.78 is 17.1. The molecule has 0 saturated carbocycles. The lowest BCUT2D eigenvalue weighted by Crippen LogP contribution is -2.23. The Labute approximate surface area is 124 Å². The molecule has 4 nitrogen and oxygen atoms in total. The number of unbranched alkanes of at least 4 members (excludes halogenated alkanes) is 1. The number of ether oxygens (including phenoxy) is 3. The zero-order valence-electron chi connectivity index (χ0n) is 13.8. The van der Waals surface area contributed by atoms with Gasteiger partial charge in [-0.1, -0.05) is 20.8 Å². The van der Waals surface area contributed by atoms with Crippen molar-refractivity contribution in [3.05, 3.63) is 0 Å². The van der Waals surface area contributed by atoms with Crippen LogP contribution in [0.25, 0.3) is 0 Å². The van der Waals surface area contributed by atoms with Gasteiger partial charge in [0.05, 0.1) is 6.10 Å². The van der Waals surface area contributed by atoms with E-state index in [4.69, 9.17) is 19.3 Å². The molecule has 20 heavy (non-hydrogen) atoms. The molecule has 2 atom stereocenters. The van der Waals surface area contributed by atoms with Crippen molar-refractivity contribution in [2.45, 2.75) is 72.2 Å². The Morgan fingerprint density at radius 2 is 1.70 bits per heavy atom. The Balaban J connectivity index is 3.62. The maximum Gasteiger partial charge on any atom is 0.158 e. The van der Waals surface area contributed by atoms with Crippen molar-refractivity contribution in [2.24, 2.45) is 5.92 Å². The van der Waals surface area contributed by atoms with Crippen LogP contribution in [0.3, 0.4) is 0 Å². The van der Waals surface area contributed by atoms with E-state index in [9.17, 15) is 0 Å². The molecule has 122 valence electrons. The predicted octanol–water partition coefficient (Wildman–Crippen LogP) is 3.37. The number of aliphatic hydroxyl groups excluding tert-OH is 1. The van der Waals surface area contributed by atoms with Gasteiger partial charge in [-0.25, -0.2) is 0 Å². The smallest absolute Gasteiger partial charge is 0.158 e. The van der Waals surface area contributed by atoms with E-state index < -0.39 is 0 Å². The largest absolute Gasteiger partial charge is 0.396 e. The van der Waals surface area contributed by atoms with Crippen LogP contribution >= 0.6 is 0 Å². The van der Waals surface area contributed by atoms with Crippen molar-refractivity contribution < 1.29 is 19.3 Å². The summed E-state index contributed by atoms with van der Waals surface area (Å²) in [5, 5.41) is 8.89. The first-order valence-corrected chi connectivity index (χ1v) is 8.05. The van der Waals surface area contributed by atoms with Gasteiger partial charge in [-0.2, -0.15) is 0 Å². The summed E-state index contributed by atoms with van der Waals surface area (Å²) >= 11 is 0. The molecule has 0 rings (SSSR count). The summed E-state index contributed by atoms with van der Waals surface area (Å²) in [7, 11) is 0. The van der Waals surface area contributed by atoms with Crippen LogP contribution in [0.2, 0.25) is 0 Å². The summed E-state index contributed by atoms with van der Waals surface area (Å²) in [6, 6.07) is 0. The van der Waals surface area contributed by atoms with Crippen LogP contribution < -0.4 is 0 Å². The molecule has 0 aromatic carbocycles. The van der Waals surface area contributed by atoms with E-state index in [2.05, 4.69) is 27.7 Å². The molecule has 4 heteroatoms. The Morgan fingerprint density at radius 1 is 1.00 bits per heavy atom. The van der Waals surface area contributed by atoms with Crippen LogP contribution in [0.5, 0.6) is 0 Å². The Kier molecular flexibility index (Phi) is 13.7. The van der Waals surface area contributed by atoms with Gasteiger partial charge in [0.25, 0.3) is 0 Å². The normalized spacial score (nSPS) is 14.7. The van der Waals surface area contributed by atoms with Gasteiger partial charge in [0, 0.05) is 32.8 Å². The van der Waals surface area contributed by atoms with Crippen molar-refractivity contribution in [1.29, 1.82) is 0 Å². The molecule has 0 spiro atoms. The highest BCUT2D eigenvalue weighted by Gasteiger charge is 2.12. The first-order chi connectivity index (χ1) is 9.60. The lowest BCUT2D eigenvalue weighted by molar-refractivity contribution is -0.172. The number of hydrogen-bond donors (Lipinski definition) is 1. The van der Waals surface area contributed by atoms with Gasteiger partial charge in [-0.15, -0.1) is 0 Å². The highest BCUT2D eigenvalue weighted by molar-refractivity contribution is 4.52. The highest BCUT2D eigenvalue weighted by atomic mass is 16.7. The van der Waals surface area contributed by atoms with Gasteiger partial charge < -0.3 is 19.3 Å². The molecule has 0 aliphatic rings. The summed E-state index contributed by atoms with van der Waals surface area (Å²) in [6.45, 7) is 11.0. The van der Waals surface area contributed by atoms with E-state index in [0.717, 1.165) is 45.3 Å². The van der Waals surface area contributed by atoms with Crippen LogP contribution in [0.4, 0.5) is 0 Å². The van der Waals surface area contributed by atoms with E-state index in [0.29, 0.717) is 12.5 Å². The lowest BCUT2D eigenvalue weighted by atomic mass is 10.2. The molecule has 0 radical (unpaired) electrons. The fourth-order valence-corrected chi connectivity index (χ4v) is 1.64. The first-order valence-electron chi connectivity index (χ1n) is 8.05. The van der Waals surface area contributed by atoms with E-state index in [1.54, 1.807) is 0 Å². The third-order valence-electron chi connectivity index (χ3n) is 2.99. The molecule has 0 aromatic heterocycles. The summed E-state index contributed by atoms with van der Waals surface area (Å²) in [5.41, 5.74) is 0. The number of hydrogen-bond acceptors (Lipinski definition) is 4. The monoisotopic (exact) mass is 290 g/mol. The van der Waals surface area contributed by atoms with Crippen LogP contribution in [-0.4, -0.2) is 43.9 Å². The third kappa shape index (κ3) is 12.9. The molecule has 0 aromatic rings. The van der Waals surface area contributed by atoms with Crippen LogP contribution in [0.1, 0.15) is 59.8 Å². The molecule has 0 bridgehead atoms. The molecule has 0 aliphatic heterocycles. The fourth-order valence-electron chi connectivity index (χ4n) is 1.64. The average Bonchev–Trinajstić information content (AvgIpc) is 2.42. The van der Waals surface area contributed by atoms with Gasteiger partial charge >= 0.3 is 0 Å². The minimum Gasteiger partial charge on any atom is -0.396 e. The van der Waals surface area contributed by atoms with Crippen molar-refractivity contribution >= 4 is 0 Å². The van der Waals surface area contributed by atoms with Crippen molar-refractivity contribution in [3.63, 3.8) is 0 Å². The average molecular weight is 290 g/mol. The van der Waals surface area contributed by atoms with Crippen molar-refractivity contribution in [2.75, 3.05) is 26.4 Å². The van der Waals surface area contributed by atoms with Gasteiger partial charge in [0.1, 0.15) is 0 Å². The molecule has 2 unspecified atom stereocenters. The second-order valence-corrected chi connectivity index (χ2v) is 5.70. The number of aliphatic hydroxyl groups is 1. The van der Waals surface area contributed by atoms with E-state index >= 15 is 0 Å². The van der Waals surface area contributed by atoms with Gasteiger partial charge in [-0.3, -0.25) is 0 Å². The maximum absolute atomic E-state index is 8.89. The van der Waals surface area contributed by atoms with E-state index in [-0.39, 0.29) is 19.0 Å². The molecule has 0 aliphatic carbocycles. The minimum absolute atomic E-state index is 0.186. The lowest BCUT2D eigenvalue weighted by Gasteiger charge is -2.22. The SMILES string of the molecule is CCC(C)OC(CCCO)OCCCCOCC(C)C.